The number of methoxy groups -OCH3 is 1. The smallest absolute Gasteiger partial charge is 0.358 e. The van der Waals surface area contributed by atoms with Crippen LogP contribution in [-0.4, -0.2) is 47.3 Å². The van der Waals surface area contributed by atoms with E-state index >= 15 is 0 Å². The zero-order valence-electron chi connectivity index (χ0n) is 11.1. The molecule has 2 rings (SSSR count). The highest BCUT2D eigenvalue weighted by atomic mass is 16.5. The highest BCUT2D eigenvalue weighted by molar-refractivity contribution is 5.87. The standard InChI is InChI=1S/C13H19N3O3/c1-19-13(18)11-8-14-9-12(15-11)16-6-2-4-10(16)5-3-7-17/h8-10,17H,2-7H2,1H3. The van der Waals surface area contributed by atoms with E-state index in [4.69, 9.17) is 5.11 Å². The first kappa shape index (κ1) is 13.7. The summed E-state index contributed by atoms with van der Waals surface area (Å²) in [5.41, 5.74) is 0.229. The monoisotopic (exact) mass is 265 g/mol. The number of hydrogen-bond acceptors (Lipinski definition) is 6. The van der Waals surface area contributed by atoms with E-state index < -0.39 is 5.97 Å². The molecule has 2 heterocycles. The van der Waals surface area contributed by atoms with E-state index in [1.54, 1.807) is 6.20 Å². The molecule has 0 radical (unpaired) electrons. The summed E-state index contributed by atoms with van der Waals surface area (Å²) in [4.78, 5) is 22.0. The van der Waals surface area contributed by atoms with Gasteiger partial charge in [-0.25, -0.2) is 9.78 Å². The fourth-order valence-electron chi connectivity index (χ4n) is 2.46. The lowest BCUT2D eigenvalue weighted by Gasteiger charge is -2.25. The van der Waals surface area contributed by atoms with Crippen LogP contribution < -0.4 is 4.90 Å². The van der Waals surface area contributed by atoms with Gasteiger partial charge in [-0.2, -0.15) is 0 Å². The molecular formula is C13H19N3O3. The second-order valence-electron chi connectivity index (χ2n) is 4.61. The van der Waals surface area contributed by atoms with Crippen molar-refractivity contribution in [1.82, 2.24) is 9.97 Å². The third kappa shape index (κ3) is 3.20. The van der Waals surface area contributed by atoms with Gasteiger partial charge in [-0.15, -0.1) is 0 Å². The molecule has 1 saturated heterocycles. The number of hydrogen-bond donors (Lipinski definition) is 1. The van der Waals surface area contributed by atoms with Gasteiger partial charge in [0.2, 0.25) is 0 Å². The van der Waals surface area contributed by atoms with Crippen molar-refractivity contribution in [2.24, 2.45) is 0 Å². The van der Waals surface area contributed by atoms with Gasteiger partial charge < -0.3 is 14.7 Å². The first-order chi connectivity index (χ1) is 9.26. The Labute approximate surface area is 112 Å². The van der Waals surface area contributed by atoms with Gasteiger partial charge in [0.15, 0.2) is 5.69 Å². The van der Waals surface area contributed by atoms with Crippen molar-refractivity contribution in [3.8, 4) is 0 Å². The molecule has 0 amide bonds. The first-order valence-corrected chi connectivity index (χ1v) is 6.54. The van der Waals surface area contributed by atoms with Gasteiger partial charge in [0.1, 0.15) is 5.82 Å². The van der Waals surface area contributed by atoms with Gasteiger partial charge in [-0.3, -0.25) is 4.98 Å². The quantitative estimate of drug-likeness (QED) is 0.801. The number of aliphatic hydroxyl groups excluding tert-OH is 1. The zero-order valence-corrected chi connectivity index (χ0v) is 11.1. The molecule has 0 spiro atoms. The van der Waals surface area contributed by atoms with E-state index in [0.717, 1.165) is 32.2 Å². The maximum atomic E-state index is 11.5. The van der Waals surface area contributed by atoms with Crippen LogP contribution in [-0.2, 0) is 4.74 Å². The first-order valence-electron chi connectivity index (χ1n) is 6.54. The van der Waals surface area contributed by atoms with Crippen molar-refractivity contribution in [3.05, 3.63) is 18.1 Å². The zero-order chi connectivity index (χ0) is 13.7. The summed E-state index contributed by atoms with van der Waals surface area (Å²) >= 11 is 0. The number of aromatic nitrogens is 2. The van der Waals surface area contributed by atoms with Crippen LogP contribution in [0.5, 0.6) is 0 Å². The Morgan fingerprint density at radius 2 is 2.42 bits per heavy atom. The average molecular weight is 265 g/mol. The lowest BCUT2D eigenvalue weighted by molar-refractivity contribution is 0.0593. The summed E-state index contributed by atoms with van der Waals surface area (Å²) in [6, 6.07) is 0.370. The number of rotatable bonds is 5. The van der Waals surface area contributed by atoms with Gasteiger partial charge in [-0.1, -0.05) is 0 Å². The number of nitrogens with zero attached hydrogens (tertiary/aromatic N) is 3. The minimum absolute atomic E-state index is 0.207. The second-order valence-corrected chi connectivity index (χ2v) is 4.61. The van der Waals surface area contributed by atoms with Crippen molar-refractivity contribution in [2.45, 2.75) is 31.7 Å². The van der Waals surface area contributed by atoms with Crippen LogP contribution in [0.2, 0.25) is 0 Å². The summed E-state index contributed by atoms with van der Waals surface area (Å²) in [7, 11) is 1.33. The van der Waals surface area contributed by atoms with E-state index in [1.165, 1.54) is 13.3 Å². The highest BCUT2D eigenvalue weighted by Gasteiger charge is 2.26. The van der Waals surface area contributed by atoms with E-state index in [9.17, 15) is 4.79 Å². The maximum Gasteiger partial charge on any atom is 0.358 e. The van der Waals surface area contributed by atoms with Crippen LogP contribution in [0.3, 0.4) is 0 Å². The molecule has 1 aliphatic heterocycles. The van der Waals surface area contributed by atoms with E-state index in [1.807, 2.05) is 0 Å². The Balaban J connectivity index is 2.14. The maximum absolute atomic E-state index is 11.5. The Hall–Kier alpha value is -1.69. The van der Waals surface area contributed by atoms with Crippen LogP contribution in [0.1, 0.15) is 36.2 Å². The Kier molecular flexibility index (Phi) is 4.68. The lowest BCUT2D eigenvalue weighted by Crippen LogP contribution is -2.30. The number of anilines is 1. The van der Waals surface area contributed by atoms with Crippen molar-refractivity contribution < 1.29 is 14.6 Å². The molecule has 6 heteroatoms. The average Bonchev–Trinajstić information content (AvgIpc) is 2.92. The van der Waals surface area contributed by atoms with Crippen LogP contribution in [0.25, 0.3) is 0 Å². The summed E-state index contributed by atoms with van der Waals surface area (Å²) in [5.74, 6) is 0.240. The van der Waals surface area contributed by atoms with Gasteiger partial charge >= 0.3 is 5.97 Å². The van der Waals surface area contributed by atoms with Gasteiger partial charge in [0.05, 0.1) is 19.5 Å². The molecule has 1 fully saturated rings. The van der Waals surface area contributed by atoms with Crippen LogP contribution in [0.15, 0.2) is 12.4 Å². The molecule has 1 aliphatic rings. The van der Waals surface area contributed by atoms with Crippen molar-refractivity contribution in [2.75, 3.05) is 25.2 Å². The molecule has 0 aromatic carbocycles. The molecule has 19 heavy (non-hydrogen) atoms. The Morgan fingerprint density at radius 3 is 3.16 bits per heavy atom. The van der Waals surface area contributed by atoms with Crippen LogP contribution in [0.4, 0.5) is 5.82 Å². The van der Waals surface area contributed by atoms with E-state index in [0.29, 0.717) is 11.9 Å². The molecule has 0 bridgehead atoms. The predicted molar refractivity (Wildman–Crippen MR) is 70.1 cm³/mol. The number of aliphatic hydroxyl groups is 1. The SMILES string of the molecule is COC(=O)c1cncc(N2CCCC2CCCO)n1. The highest BCUT2D eigenvalue weighted by Crippen LogP contribution is 2.26. The van der Waals surface area contributed by atoms with Crippen molar-refractivity contribution >= 4 is 11.8 Å². The number of carbonyl (C=O) groups excluding carboxylic acids is 1. The third-order valence-corrected chi connectivity index (χ3v) is 3.38. The summed E-state index contributed by atoms with van der Waals surface area (Å²) in [6.45, 7) is 1.12. The Bertz CT molecular complexity index is 439. The summed E-state index contributed by atoms with van der Waals surface area (Å²) in [5, 5.41) is 8.92. The van der Waals surface area contributed by atoms with E-state index in [-0.39, 0.29) is 12.3 Å². The van der Waals surface area contributed by atoms with Gasteiger partial charge in [0, 0.05) is 19.2 Å². The van der Waals surface area contributed by atoms with Gasteiger partial charge in [-0.05, 0) is 25.7 Å². The van der Waals surface area contributed by atoms with Crippen molar-refractivity contribution in [1.29, 1.82) is 0 Å². The molecule has 1 aromatic rings. The fraction of sp³-hybridized carbons (Fsp3) is 0.615. The topological polar surface area (TPSA) is 75.5 Å². The Morgan fingerprint density at radius 1 is 1.58 bits per heavy atom. The van der Waals surface area contributed by atoms with Gasteiger partial charge in [0.25, 0.3) is 0 Å². The third-order valence-electron chi connectivity index (χ3n) is 3.38. The number of ether oxygens (including phenoxy) is 1. The fourth-order valence-corrected chi connectivity index (χ4v) is 2.46. The number of esters is 1. The minimum Gasteiger partial charge on any atom is -0.464 e. The second kappa shape index (κ2) is 6.47. The molecule has 0 saturated carbocycles. The molecular weight excluding hydrogens is 246 g/mol. The molecule has 0 aliphatic carbocycles. The molecule has 1 unspecified atom stereocenters. The molecule has 1 aromatic heterocycles. The van der Waals surface area contributed by atoms with E-state index in [2.05, 4.69) is 19.6 Å². The summed E-state index contributed by atoms with van der Waals surface area (Å²) < 4.78 is 4.65. The molecule has 1 N–H and O–H groups in total. The molecule has 1 atom stereocenters. The molecule has 104 valence electrons. The molecule has 6 nitrogen and oxygen atoms in total. The van der Waals surface area contributed by atoms with Crippen molar-refractivity contribution in [3.63, 3.8) is 0 Å². The normalized spacial score (nSPS) is 18.6. The minimum atomic E-state index is -0.472. The predicted octanol–water partition coefficient (Wildman–Crippen LogP) is 1.00. The summed E-state index contributed by atoms with van der Waals surface area (Å²) in [6.07, 6.45) is 6.98. The van der Waals surface area contributed by atoms with Crippen LogP contribution in [0, 0.1) is 0 Å². The lowest BCUT2D eigenvalue weighted by atomic mass is 10.1. The number of carbonyl (C=O) groups is 1. The largest absolute Gasteiger partial charge is 0.464 e. The van der Waals surface area contributed by atoms with Crippen LogP contribution >= 0.6 is 0 Å².